The topological polar surface area (TPSA) is 89.7 Å². The normalized spacial score (nSPS) is 10.2. The third-order valence-electron chi connectivity index (χ3n) is 2.48. The van der Waals surface area contributed by atoms with Gasteiger partial charge < -0.3 is 9.84 Å². The summed E-state index contributed by atoms with van der Waals surface area (Å²) in [7, 11) is 0. The van der Waals surface area contributed by atoms with E-state index < -0.39 is 10.9 Å². The highest BCUT2D eigenvalue weighted by atomic mass is 79.9. The van der Waals surface area contributed by atoms with Crippen LogP contribution in [0.15, 0.2) is 45.3 Å². The predicted octanol–water partition coefficient (Wildman–Crippen LogP) is 4.61. The van der Waals surface area contributed by atoms with E-state index in [0.717, 1.165) is 0 Å². The summed E-state index contributed by atoms with van der Waals surface area (Å²) in [6.07, 6.45) is 0. The first-order valence-electron chi connectivity index (χ1n) is 5.53. The van der Waals surface area contributed by atoms with E-state index in [1.54, 1.807) is 6.07 Å². The van der Waals surface area contributed by atoms with Crippen LogP contribution in [0.5, 0.6) is 11.5 Å². The highest BCUT2D eigenvalue weighted by Crippen LogP contribution is 2.38. The minimum atomic E-state index is -1.12. The Hall–Kier alpha value is -1.93. The Labute approximate surface area is 135 Å². The van der Waals surface area contributed by atoms with Gasteiger partial charge in [0.15, 0.2) is 0 Å². The number of nitrogens with zero attached hydrogens (tertiary/aromatic N) is 1. The molecular formula is C13H7Br2NO5. The lowest BCUT2D eigenvalue weighted by molar-refractivity contribution is -0.385. The van der Waals surface area contributed by atoms with Gasteiger partial charge in [-0.1, -0.05) is 22.0 Å². The molecule has 2 rings (SSSR count). The Bertz CT molecular complexity index is 732. The summed E-state index contributed by atoms with van der Waals surface area (Å²) in [5.74, 6) is -0.934. The van der Waals surface area contributed by atoms with Crippen molar-refractivity contribution in [2.45, 2.75) is 0 Å². The van der Waals surface area contributed by atoms with Crippen LogP contribution in [0.4, 0.5) is 5.69 Å². The van der Waals surface area contributed by atoms with Crippen molar-refractivity contribution in [1.82, 2.24) is 0 Å². The van der Waals surface area contributed by atoms with E-state index in [1.807, 2.05) is 0 Å². The molecule has 0 aliphatic carbocycles. The lowest BCUT2D eigenvalue weighted by Gasteiger charge is -2.09. The third-order valence-corrected chi connectivity index (χ3v) is 3.56. The second-order valence-corrected chi connectivity index (χ2v) is 5.70. The summed E-state index contributed by atoms with van der Waals surface area (Å²) in [6.45, 7) is 0. The van der Waals surface area contributed by atoms with Crippen LogP contribution in [0.2, 0.25) is 0 Å². The third kappa shape index (κ3) is 3.59. The van der Waals surface area contributed by atoms with E-state index in [0.29, 0.717) is 8.95 Å². The molecule has 0 bridgehead atoms. The quantitative estimate of drug-likeness (QED) is 0.580. The monoisotopic (exact) mass is 415 g/mol. The van der Waals surface area contributed by atoms with Gasteiger partial charge in [-0.05, 0) is 40.2 Å². The second kappa shape index (κ2) is 6.23. The number of ether oxygens (including phenoxy) is 1. The van der Waals surface area contributed by atoms with Crippen molar-refractivity contribution in [2.24, 2.45) is 0 Å². The van der Waals surface area contributed by atoms with Crippen LogP contribution in [0.1, 0.15) is 10.4 Å². The van der Waals surface area contributed by atoms with Crippen LogP contribution >= 0.6 is 31.9 Å². The molecule has 6 nitrogen and oxygen atoms in total. The van der Waals surface area contributed by atoms with Crippen molar-refractivity contribution in [3.8, 4) is 11.5 Å². The van der Waals surface area contributed by atoms with Gasteiger partial charge in [0.1, 0.15) is 5.75 Å². The summed E-state index contributed by atoms with van der Waals surface area (Å²) >= 11 is 6.35. The van der Waals surface area contributed by atoms with Crippen LogP contribution in [0, 0.1) is 10.1 Å². The number of halogens is 2. The first-order chi connectivity index (χ1) is 9.88. The molecular weight excluding hydrogens is 410 g/mol. The maximum atomic E-state index is 11.0. The van der Waals surface area contributed by atoms with Gasteiger partial charge in [0, 0.05) is 10.5 Å². The van der Waals surface area contributed by atoms with Gasteiger partial charge in [-0.2, -0.15) is 0 Å². The minimum absolute atomic E-state index is 0.00841. The van der Waals surface area contributed by atoms with E-state index in [2.05, 4.69) is 31.9 Å². The average Bonchev–Trinajstić information content (AvgIpc) is 2.40. The van der Waals surface area contributed by atoms with Gasteiger partial charge in [-0.3, -0.25) is 10.1 Å². The number of carboxylic acid groups (broad SMARTS) is 1. The molecule has 0 aliphatic rings. The van der Waals surface area contributed by atoms with Gasteiger partial charge in [0.05, 0.1) is 15.0 Å². The summed E-state index contributed by atoms with van der Waals surface area (Å²) in [5.41, 5.74) is -0.213. The Morgan fingerprint density at radius 3 is 2.57 bits per heavy atom. The molecule has 0 unspecified atom stereocenters. The number of hydrogen-bond donors (Lipinski definition) is 1. The van der Waals surface area contributed by atoms with E-state index >= 15 is 0 Å². The molecule has 0 amide bonds. The molecule has 21 heavy (non-hydrogen) atoms. The molecule has 0 saturated carbocycles. The first-order valence-corrected chi connectivity index (χ1v) is 7.11. The van der Waals surface area contributed by atoms with E-state index in [4.69, 9.17) is 9.84 Å². The molecule has 0 radical (unpaired) electrons. The van der Waals surface area contributed by atoms with Gasteiger partial charge in [-0.25, -0.2) is 4.79 Å². The van der Waals surface area contributed by atoms with Crippen LogP contribution in [-0.2, 0) is 0 Å². The summed E-state index contributed by atoms with van der Waals surface area (Å²) in [5, 5.41) is 20.0. The van der Waals surface area contributed by atoms with Crippen LogP contribution in [0.3, 0.4) is 0 Å². The van der Waals surface area contributed by atoms with Crippen molar-refractivity contribution in [1.29, 1.82) is 0 Å². The van der Waals surface area contributed by atoms with Gasteiger partial charge in [-0.15, -0.1) is 0 Å². The van der Waals surface area contributed by atoms with E-state index in [1.165, 1.54) is 30.3 Å². The molecule has 0 atom stereocenters. The summed E-state index contributed by atoms with van der Waals surface area (Å²) in [4.78, 5) is 21.4. The number of nitro groups is 1. The van der Waals surface area contributed by atoms with Crippen molar-refractivity contribution < 1.29 is 19.6 Å². The molecule has 0 aliphatic heterocycles. The molecule has 0 aromatic heterocycles. The van der Waals surface area contributed by atoms with Crippen molar-refractivity contribution in [3.05, 3.63) is 61.0 Å². The Kier molecular flexibility index (Phi) is 4.59. The fourth-order valence-corrected chi connectivity index (χ4v) is 2.51. The highest BCUT2D eigenvalue weighted by molar-refractivity contribution is 9.10. The number of carbonyl (C=O) groups is 1. The van der Waals surface area contributed by atoms with E-state index in [9.17, 15) is 14.9 Å². The van der Waals surface area contributed by atoms with Crippen molar-refractivity contribution >= 4 is 43.5 Å². The molecule has 0 heterocycles. The molecule has 0 spiro atoms. The molecule has 0 fully saturated rings. The zero-order chi connectivity index (χ0) is 15.6. The smallest absolute Gasteiger partial charge is 0.335 e. The number of nitro benzene ring substituents is 1. The van der Waals surface area contributed by atoms with Crippen LogP contribution in [-0.4, -0.2) is 16.0 Å². The van der Waals surface area contributed by atoms with Crippen molar-refractivity contribution in [2.75, 3.05) is 0 Å². The molecule has 2 aromatic rings. The van der Waals surface area contributed by atoms with Gasteiger partial charge in [0.2, 0.25) is 5.75 Å². The lowest BCUT2D eigenvalue weighted by Crippen LogP contribution is -1.98. The maximum Gasteiger partial charge on any atom is 0.335 e. The zero-order valence-electron chi connectivity index (χ0n) is 10.2. The van der Waals surface area contributed by atoms with Gasteiger partial charge in [0.25, 0.3) is 0 Å². The molecule has 8 heteroatoms. The number of aromatic carboxylic acids is 1. The number of para-hydroxylation sites is 1. The first kappa shape index (κ1) is 15.5. The van der Waals surface area contributed by atoms with Crippen LogP contribution < -0.4 is 4.74 Å². The van der Waals surface area contributed by atoms with Crippen molar-refractivity contribution in [3.63, 3.8) is 0 Å². The number of hydrogen-bond acceptors (Lipinski definition) is 4. The van der Waals surface area contributed by atoms with Gasteiger partial charge >= 0.3 is 11.7 Å². The fraction of sp³-hybridized carbons (Fsp3) is 0. The fourth-order valence-electron chi connectivity index (χ4n) is 1.61. The predicted molar refractivity (Wildman–Crippen MR) is 82.0 cm³/mol. The Balaban J connectivity index is 2.48. The Morgan fingerprint density at radius 1 is 1.24 bits per heavy atom. The Morgan fingerprint density at radius 2 is 1.95 bits per heavy atom. The highest BCUT2D eigenvalue weighted by Gasteiger charge is 2.19. The van der Waals surface area contributed by atoms with E-state index in [-0.39, 0.29) is 22.7 Å². The standard InChI is InChI=1S/C13H7Br2NO5/c14-8-4-7(13(17)18)5-9(6-8)21-12-10(15)2-1-3-11(12)16(19)20/h1-6H,(H,17,18). The second-order valence-electron chi connectivity index (χ2n) is 3.93. The molecule has 108 valence electrons. The average molecular weight is 417 g/mol. The molecule has 0 saturated heterocycles. The number of rotatable bonds is 4. The maximum absolute atomic E-state index is 11.0. The lowest BCUT2D eigenvalue weighted by atomic mass is 10.2. The minimum Gasteiger partial charge on any atom is -0.478 e. The SMILES string of the molecule is O=C(O)c1cc(Br)cc(Oc2c(Br)cccc2[N+](=O)[O-])c1. The number of carboxylic acids is 1. The summed E-state index contributed by atoms with van der Waals surface area (Å²) < 4.78 is 6.38. The zero-order valence-corrected chi connectivity index (χ0v) is 13.4. The largest absolute Gasteiger partial charge is 0.478 e. The number of benzene rings is 2. The molecule has 1 N–H and O–H groups in total. The van der Waals surface area contributed by atoms with Crippen LogP contribution in [0.25, 0.3) is 0 Å². The molecule has 2 aromatic carbocycles. The summed E-state index contributed by atoms with van der Waals surface area (Å²) in [6, 6.07) is 8.63.